The number of carbonyl (C=O) groups excluding carboxylic acids is 1. The third-order valence-electron chi connectivity index (χ3n) is 2.56. The first-order chi connectivity index (χ1) is 9.38. The number of oxime groups is 1. The molecule has 1 aliphatic rings. The average molecular weight is 294 g/mol. The Morgan fingerprint density at radius 2 is 2.35 bits per heavy atom. The molecule has 0 spiro atoms. The molecule has 2 heterocycles. The van der Waals surface area contributed by atoms with E-state index in [1.807, 2.05) is 0 Å². The molecule has 2 radical (unpaired) electrons. The molecule has 1 aromatic rings. The first kappa shape index (κ1) is 14.6. The number of aromatic nitrogens is 1. The van der Waals surface area contributed by atoms with Crippen LogP contribution in [0.15, 0.2) is 11.2 Å². The number of esters is 1. The maximum Gasteiger partial charge on any atom is 0.358 e. The Morgan fingerprint density at radius 1 is 1.65 bits per heavy atom. The number of halogens is 1. The maximum absolute atomic E-state index is 11.9. The number of anilines is 1. The molecule has 0 aliphatic carbocycles. The van der Waals surface area contributed by atoms with Crippen molar-refractivity contribution in [2.75, 3.05) is 5.73 Å². The number of nitrogens with zero attached hydrogens (tertiary/aromatic N) is 2. The molecule has 0 saturated heterocycles. The minimum atomic E-state index is -0.634. The van der Waals surface area contributed by atoms with Gasteiger partial charge in [0.2, 0.25) is 0 Å². The quantitative estimate of drug-likeness (QED) is 0.678. The number of nitrogen functional groups attached to an aromatic ring is 1. The summed E-state index contributed by atoms with van der Waals surface area (Å²) in [5.41, 5.74) is 6.77. The van der Waals surface area contributed by atoms with Crippen molar-refractivity contribution in [3.63, 3.8) is 0 Å². The van der Waals surface area contributed by atoms with Gasteiger partial charge in [0.05, 0.1) is 22.5 Å². The highest BCUT2D eigenvalue weighted by molar-refractivity contribution is 6.59. The molecular weight excluding hydrogens is 280 g/mol. The maximum atomic E-state index is 11.9. The zero-order valence-electron chi connectivity index (χ0n) is 11.1. The van der Waals surface area contributed by atoms with Crippen LogP contribution in [0, 0.1) is 0 Å². The SMILES string of the molecule is [B]C1=NOC(c2cc(N)c(Cl)c(C(=O)OC(C)C)n2)C1. The van der Waals surface area contributed by atoms with Gasteiger partial charge in [-0.1, -0.05) is 11.6 Å². The van der Waals surface area contributed by atoms with E-state index in [-0.39, 0.29) is 22.5 Å². The van der Waals surface area contributed by atoms with E-state index in [1.165, 1.54) is 6.07 Å². The highest BCUT2D eigenvalue weighted by Gasteiger charge is 2.26. The monoisotopic (exact) mass is 293 g/mol. The summed E-state index contributed by atoms with van der Waals surface area (Å²) in [6.45, 7) is 3.46. The average Bonchev–Trinajstić information content (AvgIpc) is 2.78. The lowest BCUT2D eigenvalue weighted by Crippen LogP contribution is -2.16. The first-order valence-electron chi connectivity index (χ1n) is 6.03. The van der Waals surface area contributed by atoms with E-state index in [4.69, 9.17) is 34.8 Å². The minimum Gasteiger partial charge on any atom is -0.458 e. The predicted molar refractivity (Wildman–Crippen MR) is 75.8 cm³/mol. The van der Waals surface area contributed by atoms with Crippen LogP contribution in [0.1, 0.15) is 42.6 Å². The van der Waals surface area contributed by atoms with Gasteiger partial charge in [0, 0.05) is 12.0 Å². The molecule has 20 heavy (non-hydrogen) atoms. The largest absolute Gasteiger partial charge is 0.458 e. The predicted octanol–water partition coefficient (Wildman–Crippen LogP) is 1.83. The summed E-state index contributed by atoms with van der Waals surface area (Å²) in [6.07, 6.45) is -0.376. The molecule has 2 rings (SSSR count). The number of hydrogen-bond acceptors (Lipinski definition) is 6. The molecule has 0 fully saturated rings. The van der Waals surface area contributed by atoms with Gasteiger partial charge in [0.1, 0.15) is 7.85 Å². The van der Waals surface area contributed by atoms with E-state index in [0.717, 1.165) is 0 Å². The van der Waals surface area contributed by atoms with Crippen molar-refractivity contribution >= 4 is 36.7 Å². The zero-order chi connectivity index (χ0) is 14.9. The second-order valence-corrected chi connectivity index (χ2v) is 5.01. The Morgan fingerprint density at radius 3 is 2.90 bits per heavy atom. The molecule has 6 nitrogen and oxygen atoms in total. The molecule has 2 N–H and O–H groups in total. The molecular formula is C12H13BClN3O3. The van der Waals surface area contributed by atoms with Crippen molar-refractivity contribution in [2.45, 2.75) is 32.5 Å². The van der Waals surface area contributed by atoms with Crippen molar-refractivity contribution in [1.82, 2.24) is 4.98 Å². The smallest absolute Gasteiger partial charge is 0.358 e. The van der Waals surface area contributed by atoms with Gasteiger partial charge >= 0.3 is 5.97 Å². The van der Waals surface area contributed by atoms with Crippen LogP contribution in [0.2, 0.25) is 5.02 Å². The molecule has 0 bridgehead atoms. The fourth-order valence-corrected chi connectivity index (χ4v) is 1.87. The highest BCUT2D eigenvalue weighted by Crippen LogP contribution is 2.31. The number of ether oxygens (including phenoxy) is 1. The number of pyridine rings is 1. The Labute approximate surface area is 122 Å². The Hall–Kier alpha value is -1.76. The standard InChI is InChI=1S/C12H13BClN3O3/c1-5(2)19-12(18)11-10(14)6(15)3-7(16-11)8-4-9(13)17-20-8/h3,5,8H,4H2,1-2H3,(H2,15,16). The van der Waals surface area contributed by atoms with E-state index in [0.29, 0.717) is 17.7 Å². The van der Waals surface area contributed by atoms with Crippen LogP contribution in [-0.4, -0.2) is 30.5 Å². The number of rotatable bonds is 3. The van der Waals surface area contributed by atoms with Gasteiger partial charge in [-0.3, -0.25) is 0 Å². The lowest BCUT2D eigenvalue weighted by Gasteiger charge is -2.13. The summed E-state index contributed by atoms with van der Waals surface area (Å²) >= 11 is 6.00. The third kappa shape index (κ3) is 3.04. The van der Waals surface area contributed by atoms with Crippen LogP contribution in [-0.2, 0) is 9.57 Å². The Bertz CT molecular complexity index is 577. The van der Waals surface area contributed by atoms with E-state index in [2.05, 4.69) is 10.1 Å². The van der Waals surface area contributed by atoms with Crippen molar-refractivity contribution < 1.29 is 14.4 Å². The summed E-state index contributed by atoms with van der Waals surface area (Å²) in [5.74, 6) is -0.634. The summed E-state index contributed by atoms with van der Waals surface area (Å²) in [5, 5.41) is 3.69. The van der Waals surface area contributed by atoms with Crippen LogP contribution in [0.25, 0.3) is 0 Å². The fourth-order valence-electron chi connectivity index (χ4n) is 1.69. The van der Waals surface area contributed by atoms with Gasteiger partial charge in [-0.15, -0.1) is 5.16 Å². The molecule has 104 valence electrons. The van der Waals surface area contributed by atoms with Crippen molar-refractivity contribution in [2.24, 2.45) is 5.16 Å². The summed E-state index contributed by atoms with van der Waals surface area (Å²) in [6, 6.07) is 1.53. The normalized spacial score (nSPS) is 17.8. The summed E-state index contributed by atoms with van der Waals surface area (Å²) < 4.78 is 5.08. The van der Waals surface area contributed by atoms with Crippen LogP contribution in [0.3, 0.4) is 0 Å². The van der Waals surface area contributed by atoms with E-state index in [9.17, 15) is 4.79 Å². The molecule has 0 amide bonds. The molecule has 0 saturated carbocycles. The molecule has 1 aliphatic heterocycles. The van der Waals surface area contributed by atoms with Crippen molar-refractivity contribution in [3.8, 4) is 0 Å². The van der Waals surface area contributed by atoms with Gasteiger partial charge in [-0.2, -0.15) is 0 Å². The molecule has 8 heteroatoms. The second kappa shape index (κ2) is 5.70. The van der Waals surface area contributed by atoms with E-state index < -0.39 is 12.1 Å². The number of carbonyl (C=O) groups is 1. The molecule has 1 aromatic heterocycles. The van der Waals surface area contributed by atoms with Crippen LogP contribution >= 0.6 is 11.6 Å². The van der Waals surface area contributed by atoms with Gasteiger partial charge in [-0.05, 0) is 19.9 Å². The van der Waals surface area contributed by atoms with Gasteiger partial charge < -0.3 is 15.3 Å². The summed E-state index contributed by atoms with van der Waals surface area (Å²) in [4.78, 5) is 21.2. The van der Waals surface area contributed by atoms with Crippen LogP contribution in [0.5, 0.6) is 0 Å². The second-order valence-electron chi connectivity index (χ2n) is 4.63. The lowest BCUT2D eigenvalue weighted by molar-refractivity contribution is 0.0368. The highest BCUT2D eigenvalue weighted by atomic mass is 35.5. The van der Waals surface area contributed by atoms with Gasteiger partial charge in [0.25, 0.3) is 0 Å². The molecule has 1 unspecified atom stereocenters. The Balaban J connectivity index is 2.32. The molecule has 0 aromatic carbocycles. The lowest BCUT2D eigenvalue weighted by atomic mass is 9.95. The molecule has 1 atom stereocenters. The first-order valence-corrected chi connectivity index (χ1v) is 6.41. The Kier molecular flexibility index (Phi) is 4.18. The van der Waals surface area contributed by atoms with Crippen molar-refractivity contribution in [3.05, 3.63) is 22.5 Å². The van der Waals surface area contributed by atoms with E-state index >= 15 is 0 Å². The van der Waals surface area contributed by atoms with E-state index in [1.54, 1.807) is 13.8 Å². The fraction of sp³-hybridized carbons (Fsp3) is 0.417. The van der Waals surface area contributed by atoms with Crippen molar-refractivity contribution in [1.29, 1.82) is 0 Å². The number of nitrogens with two attached hydrogens (primary N) is 1. The van der Waals surface area contributed by atoms with Crippen LogP contribution in [0.4, 0.5) is 5.69 Å². The number of hydrogen-bond donors (Lipinski definition) is 1. The summed E-state index contributed by atoms with van der Waals surface area (Å²) in [7, 11) is 5.54. The third-order valence-corrected chi connectivity index (χ3v) is 2.96. The van der Waals surface area contributed by atoms with Crippen LogP contribution < -0.4 is 5.73 Å². The zero-order valence-corrected chi connectivity index (χ0v) is 11.8. The van der Waals surface area contributed by atoms with Gasteiger partial charge in [-0.25, -0.2) is 9.78 Å². The van der Waals surface area contributed by atoms with Gasteiger partial charge in [0.15, 0.2) is 11.8 Å². The minimum absolute atomic E-state index is 0.0376. The topological polar surface area (TPSA) is 86.8 Å².